The Bertz CT molecular complexity index is 1410. The Balaban J connectivity index is 1.18. The number of allylic oxidation sites excluding steroid dienone is 1. The second-order valence-corrected chi connectivity index (χ2v) is 10.7. The molecule has 2 fully saturated rings. The average Bonchev–Trinajstić information content (AvgIpc) is 3.26. The van der Waals surface area contributed by atoms with Gasteiger partial charge in [-0.15, -0.1) is 11.8 Å². The van der Waals surface area contributed by atoms with Crippen LogP contribution < -0.4 is 20.7 Å². The molecule has 0 aliphatic carbocycles. The number of hydrogen-bond donors (Lipinski definition) is 3. The van der Waals surface area contributed by atoms with E-state index in [0.717, 1.165) is 16.0 Å². The van der Waals surface area contributed by atoms with E-state index in [1.807, 2.05) is 18.2 Å². The average molecular weight is 550 g/mol. The van der Waals surface area contributed by atoms with E-state index in [4.69, 9.17) is 5.73 Å². The molecule has 1 aromatic heterocycles. The highest BCUT2D eigenvalue weighted by atomic mass is 32.2. The number of benzene rings is 1. The maximum atomic E-state index is 13.0. The summed E-state index contributed by atoms with van der Waals surface area (Å²) in [5.41, 5.74) is 8.11. The zero-order valence-electron chi connectivity index (χ0n) is 20.9. The van der Waals surface area contributed by atoms with Crippen LogP contribution in [0.4, 0.5) is 0 Å². The first-order valence-electron chi connectivity index (χ1n) is 12.4. The normalized spacial score (nSPS) is 21.7. The van der Waals surface area contributed by atoms with E-state index in [1.54, 1.807) is 46.1 Å². The monoisotopic (exact) mass is 549 g/mol. The summed E-state index contributed by atoms with van der Waals surface area (Å²) in [4.78, 5) is 52.1. The number of phenolic OH excluding ortho intramolecular Hbond substituents is 1. The molecule has 0 saturated carbocycles. The molecule has 0 unspecified atom stereocenters. The largest absolute Gasteiger partial charge is 0.543 e. The molecule has 0 spiro atoms. The van der Waals surface area contributed by atoms with Crippen LogP contribution in [0.5, 0.6) is 5.75 Å². The van der Waals surface area contributed by atoms with Crippen LogP contribution in [0.15, 0.2) is 71.7 Å². The number of nitrogens with one attached hydrogen (secondary N) is 1. The fourth-order valence-corrected chi connectivity index (χ4v) is 6.06. The standard InChI is InChI=1S/C27H27N5O6S/c28-22-25(36)32-23(27(37)38)19(15-39-26(22)32)11-18-6-9-31(24(18)35)13-16-4-7-30(8-5-16)14-21(34)29-12-17-2-1-3-20(33)10-17/h1-5,7-8,10-11,22,26H,6,9,12-15,28H2,(H2-,29,33,34,37,38)/b18-11+/t22-,26-/m1/s1. The third-order valence-electron chi connectivity index (χ3n) is 6.85. The van der Waals surface area contributed by atoms with Crippen molar-refractivity contribution >= 4 is 35.5 Å². The number of aromatic hydroxyl groups is 1. The van der Waals surface area contributed by atoms with E-state index in [0.29, 0.717) is 43.0 Å². The molecule has 3 aliphatic rings. The summed E-state index contributed by atoms with van der Waals surface area (Å²) in [5, 5.41) is 23.7. The van der Waals surface area contributed by atoms with E-state index in [1.165, 1.54) is 11.8 Å². The summed E-state index contributed by atoms with van der Waals surface area (Å²) < 4.78 is 1.73. The number of carboxylic acid groups (broad SMARTS) is 1. The number of fused-ring (bicyclic) bond motifs is 1. The molecule has 2 atom stereocenters. The highest BCUT2D eigenvalue weighted by Crippen LogP contribution is 2.40. The second kappa shape index (κ2) is 10.9. The maximum Gasteiger partial charge on any atom is 0.286 e. The van der Waals surface area contributed by atoms with E-state index >= 15 is 0 Å². The number of amides is 3. The molecule has 12 heteroatoms. The number of carboxylic acids is 1. The third kappa shape index (κ3) is 5.52. The van der Waals surface area contributed by atoms with E-state index in [2.05, 4.69) is 5.32 Å². The summed E-state index contributed by atoms with van der Waals surface area (Å²) in [6.07, 6.45) is 5.56. The van der Waals surface area contributed by atoms with Gasteiger partial charge in [-0.1, -0.05) is 12.1 Å². The molecule has 0 bridgehead atoms. The number of phenols is 1. The molecule has 11 nitrogen and oxygen atoms in total. The smallest absolute Gasteiger partial charge is 0.286 e. The first-order valence-corrected chi connectivity index (χ1v) is 13.4. The number of hydrogen-bond acceptors (Lipinski definition) is 8. The number of aromatic nitrogens is 1. The SMILES string of the molecule is N[C@@H]1C(=O)N2C(C(=O)[O-])=C(/C=C3\CCN(Cc4cc[n+](CC(=O)NCc5cccc(O)c5)cc4)C3=O)CS[C@H]12. The third-order valence-corrected chi connectivity index (χ3v) is 8.18. The summed E-state index contributed by atoms with van der Waals surface area (Å²) in [6, 6.07) is 9.63. The molecule has 202 valence electrons. The number of nitrogens with zero attached hydrogens (tertiary/aromatic N) is 3. The number of carbonyl (C=O) groups excluding carboxylic acids is 4. The predicted octanol–water partition coefficient (Wildman–Crippen LogP) is -1.10. The lowest BCUT2D eigenvalue weighted by molar-refractivity contribution is -0.684. The summed E-state index contributed by atoms with van der Waals surface area (Å²) in [6.45, 7) is 1.27. The Morgan fingerprint density at radius 2 is 1.97 bits per heavy atom. The molecule has 4 heterocycles. The van der Waals surface area contributed by atoms with Crippen molar-refractivity contribution < 1.29 is 34.0 Å². The minimum Gasteiger partial charge on any atom is -0.543 e. The maximum absolute atomic E-state index is 13.0. The Morgan fingerprint density at radius 1 is 1.21 bits per heavy atom. The minimum atomic E-state index is -1.46. The highest BCUT2D eigenvalue weighted by molar-refractivity contribution is 8.00. The lowest BCUT2D eigenvalue weighted by Gasteiger charge is -2.49. The van der Waals surface area contributed by atoms with Crippen LogP contribution in [0.3, 0.4) is 0 Å². The fourth-order valence-electron chi connectivity index (χ4n) is 4.81. The lowest BCUT2D eigenvalue weighted by atomic mass is 10.0. The summed E-state index contributed by atoms with van der Waals surface area (Å²) in [7, 11) is 0. The van der Waals surface area contributed by atoms with Crippen LogP contribution >= 0.6 is 11.8 Å². The predicted molar refractivity (Wildman–Crippen MR) is 138 cm³/mol. The van der Waals surface area contributed by atoms with Gasteiger partial charge in [0.2, 0.25) is 18.4 Å². The van der Waals surface area contributed by atoms with Crippen LogP contribution in [0, 0.1) is 0 Å². The summed E-state index contributed by atoms with van der Waals surface area (Å²) in [5.74, 6) is -1.83. The van der Waals surface area contributed by atoms with E-state index < -0.39 is 23.3 Å². The number of carbonyl (C=O) groups is 4. The van der Waals surface area contributed by atoms with Gasteiger partial charge >= 0.3 is 0 Å². The topological polar surface area (TPSA) is 160 Å². The van der Waals surface area contributed by atoms with Crippen LogP contribution in [-0.2, 0) is 38.8 Å². The van der Waals surface area contributed by atoms with Crippen molar-refractivity contribution in [1.82, 2.24) is 15.1 Å². The van der Waals surface area contributed by atoms with Gasteiger partial charge in [0.1, 0.15) is 17.2 Å². The zero-order valence-corrected chi connectivity index (χ0v) is 21.7. The number of likely N-dealkylation sites (tertiary alicyclic amines) is 1. The van der Waals surface area contributed by atoms with Crippen molar-refractivity contribution in [2.75, 3.05) is 12.3 Å². The first-order chi connectivity index (χ1) is 18.7. The Labute approximate surface area is 228 Å². The van der Waals surface area contributed by atoms with Gasteiger partial charge in [-0.25, -0.2) is 0 Å². The van der Waals surface area contributed by atoms with Crippen LogP contribution in [0.1, 0.15) is 17.5 Å². The van der Waals surface area contributed by atoms with Gasteiger partial charge in [0.15, 0.2) is 12.4 Å². The molecule has 2 aromatic rings. The molecule has 2 saturated heterocycles. The molecule has 1 aromatic carbocycles. The number of β-lactam (4-membered cyclic amide) rings is 1. The minimum absolute atomic E-state index is 0.119. The number of thioether (sulfide) groups is 1. The van der Waals surface area contributed by atoms with Gasteiger partial charge in [-0.05, 0) is 41.3 Å². The van der Waals surface area contributed by atoms with Crippen molar-refractivity contribution in [2.45, 2.75) is 37.5 Å². The van der Waals surface area contributed by atoms with Gasteiger partial charge in [-0.3, -0.25) is 19.3 Å². The van der Waals surface area contributed by atoms with Crippen molar-refractivity contribution in [3.8, 4) is 5.75 Å². The molecule has 3 aliphatic heterocycles. The number of rotatable bonds is 8. The van der Waals surface area contributed by atoms with Gasteiger partial charge in [0, 0.05) is 43.1 Å². The van der Waals surface area contributed by atoms with Crippen molar-refractivity contribution in [1.29, 1.82) is 0 Å². The molecular formula is C27H27N5O6S. The van der Waals surface area contributed by atoms with Crippen molar-refractivity contribution in [3.05, 3.63) is 82.8 Å². The quantitative estimate of drug-likeness (QED) is 0.213. The fraction of sp³-hybridized carbons (Fsp3) is 0.296. The number of pyridine rings is 1. The number of nitrogens with two attached hydrogens (primary N) is 1. The molecule has 5 rings (SSSR count). The van der Waals surface area contributed by atoms with E-state index in [9.17, 15) is 29.4 Å². The highest BCUT2D eigenvalue weighted by Gasteiger charge is 2.50. The Kier molecular flexibility index (Phi) is 7.40. The lowest BCUT2D eigenvalue weighted by Crippen LogP contribution is -2.69. The van der Waals surface area contributed by atoms with Crippen LogP contribution in [0.25, 0.3) is 0 Å². The van der Waals surface area contributed by atoms with Gasteiger partial charge in [0.05, 0.1) is 11.7 Å². The molecule has 4 N–H and O–H groups in total. The van der Waals surface area contributed by atoms with Crippen molar-refractivity contribution in [2.24, 2.45) is 5.73 Å². The molecule has 39 heavy (non-hydrogen) atoms. The van der Waals surface area contributed by atoms with Crippen LogP contribution in [0.2, 0.25) is 0 Å². The molecule has 0 radical (unpaired) electrons. The Hall–Kier alpha value is -4.16. The molecule has 3 amide bonds. The van der Waals surface area contributed by atoms with Gasteiger partial charge in [0.25, 0.3) is 5.91 Å². The Morgan fingerprint density at radius 3 is 2.69 bits per heavy atom. The second-order valence-electron chi connectivity index (χ2n) is 9.57. The van der Waals surface area contributed by atoms with E-state index in [-0.39, 0.29) is 29.8 Å². The van der Waals surface area contributed by atoms with Gasteiger partial charge < -0.3 is 31.0 Å². The molecular weight excluding hydrogens is 522 g/mol. The van der Waals surface area contributed by atoms with Crippen molar-refractivity contribution in [3.63, 3.8) is 0 Å². The number of aliphatic carboxylic acids is 1. The zero-order chi connectivity index (χ0) is 27.7. The summed E-state index contributed by atoms with van der Waals surface area (Å²) >= 11 is 1.37. The first kappa shape index (κ1) is 26.4. The van der Waals surface area contributed by atoms with Gasteiger partial charge in [-0.2, -0.15) is 4.57 Å². The van der Waals surface area contributed by atoms with Crippen LogP contribution in [-0.4, -0.2) is 62.3 Å².